The molecule has 3 heteroatoms. The Morgan fingerprint density at radius 2 is 1.43 bits per heavy atom. The number of hydrogen-bond acceptors (Lipinski definition) is 3. The van der Waals surface area contributed by atoms with Crippen molar-refractivity contribution < 1.29 is 9.53 Å². The van der Waals surface area contributed by atoms with E-state index >= 15 is 0 Å². The summed E-state index contributed by atoms with van der Waals surface area (Å²) >= 11 is 0. The van der Waals surface area contributed by atoms with Crippen LogP contribution in [0.2, 0.25) is 0 Å². The molecule has 0 N–H and O–H groups in total. The molecule has 2 aromatic carbocycles. The molecular weight excluding hydrogens is 346 g/mol. The highest BCUT2D eigenvalue weighted by Crippen LogP contribution is 2.23. The van der Waals surface area contributed by atoms with Crippen molar-refractivity contribution in [2.45, 2.75) is 58.5 Å². The van der Waals surface area contributed by atoms with Gasteiger partial charge in [0.15, 0.2) is 0 Å². The Bertz CT molecular complexity index is 649. The molecule has 0 aliphatic rings. The fourth-order valence-electron chi connectivity index (χ4n) is 3.35. The quantitative estimate of drug-likeness (QED) is 0.410. The zero-order valence-electron chi connectivity index (χ0n) is 17.5. The van der Waals surface area contributed by atoms with E-state index in [-0.39, 0.29) is 11.9 Å². The number of carbonyl (C=O) groups is 1. The highest BCUT2D eigenvalue weighted by Gasteiger charge is 2.23. The first-order valence-electron chi connectivity index (χ1n) is 10.7. The minimum absolute atomic E-state index is 0.124. The van der Waals surface area contributed by atoms with Crippen LogP contribution in [0.3, 0.4) is 0 Å². The Morgan fingerprint density at radius 1 is 0.857 bits per heavy atom. The zero-order chi connectivity index (χ0) is 20.0. The van der Waals surface area contributed by atoms with Gasteiger partial charge in [-0.15, -0.1) is 0 Å². The standard InChI is InChI=1S/C25H35NO2/c1-3-5-18-26(19-6-4-2)20-17-24(23-15-11-8-12-16-23)25(27)28-21-22-13-9-7-10-14-22/h7-16,24H,3-6,17-21H2,1-2H3. The minimum Gasteiger partial charge on any atom is -0.460 e. The van der Waals surface area contributed by atoms with Crippen molar-refractivity contribution in [3.63, 3.8) is 0 Å². The van der Waals surface area contributed by atoms with E-state index in [1.807, 2.05) is 60.7 Å². The van der Waals surface area contributed by atoms with Gasteiger partial charge in [-0.25, -0.2) is 0 Å². The van der Waals surface area contributed by atoms with Crippen LogP contribution in [0.5, 0.6) is 0 Å². The number of hydrogen-bond donors (Lipinski definition) is 0. The van der Waals surface area contributed by atoms with E-state index in [0.29, 0.717) is 6.61 Å². The molecule has 0 amide bonds. The second-order valence-corrected chi connectivity index (χ2v) is 7.39. The van der Waals surface area contributed by atoms with Gasteiger partial charge < -0.3 is 9.64 Å². The summed E-state index contributed by atoms with van der Waals surface area (Å²) in [6.07, 6.45) is 5.61. The lowest BCUT2D eigenvalue weighted by Crippen LogP contribution is -2.30. The van der Waals surface area contributed by atoms with E-state index in [1.165, 1.54) is 25.7 Å². The van der Waals surface area contributed by atoms with Crippen LogP contribution in [0, 0.1) is 0 Å². The summed E-state index contributed by atoms with van der Waals surface area (Å²) in [7, 11) is 0. The van der Waals surface area contributed by atoms with Gasteiger partial charge in [-0.2, -0.15) is 0 Å². The van der Waals surface area contributed by atoms with E-state index in [4.69, 9.17) is 4.74 Å². The van der Waals surface area contributed by atoms with Crippen molar-refractivity contribution in [1.29, 1.82) is 0 Å². The number of carbonyl (C=O) groups excluding carboxylic acids is 1. The number of rotatable bonds is 13. The Labute approximate surface area is 170 Å². The molecule has 0 radical (unpaired) electrons. The first-order valence-corrected chi connectivity index (χ1v) is 10.7. The van der Waals surface area contributed by atoms with Gasteiger partial charge in [-0.3, -0.25) is 4.79 Å². The van der Waals surface area contributed by atoms with Crippen LogP contribution in [0.15, 0.2) is 60.7 Å². The molecule has 0 bridgehead atoms. The Kier molecular flexibility index (Phi) is 10.4. The van der Waals surface area contributed by atoms with Crippen LogP contribution in [0.25, 0.3) is 0 Å². The topological polar surface area (TPSA) is 29.5 Å². The molecule has 0 aromatic heterocycles. The SMILES string of the molecule is CCCCN(CCCC)CCC(C(=O)OCc1ccccc1)c1ccccc1. The number of unbranched alkanes of at least 4 members (excludes halogenated alkanes) is 2. The first kappa shape index (κ1) is 22.2. The molecule has 0 aliphatic heterocycles. The third kappa shape index (κ3) is 7.85. The molecule has 1 atom stereocenters. The predicted octanol–water partition coefficient (Wildman–Crippen LogP) is 5.81. The fourth-order valence-corrected chi connectivity index (χ4v) is 3.35. The molecule has 152 valence electrons. The summed E-state index contributed by atoms with van der Waals surface area (Å²) in [6, 6.07) is 20.0. The van der Waals surface area contributed by atoms with Crippen molar-refractivity contribution in [1.82, 2.24) is 4.90 Å². The van der Waals surface area contributed by atoms with Crippen LogP contribution in [0.1, 0.15) is 63.0 Å². The lowest BCUT2D eigenvalue weighted by Gasteiger charge is -2.24. The number of ether oxygens (including phenoxy) is 1. The summed E-state index contributed by atoms with van der Waals surface area (Å²) in [5.41, 5.74) is 2.07. The Hall–Kier alpha value is -2.13. The maximum atomic E-state index is 12.9. The van der Waals surface area contributed by atoms with Crippen LogP contribution in [-0.4, -0.2) is 30.5 Å². The van der Waals surface area contributed by atoms with Gasteiger partial charge in [0.25, 0.3) is 0 Å². The van der Waals surface area contributed by atoms with E-state index in [1.54, 1.807) is 0 Å². The third-order valence-electron chi connectivity index (χ3n) is 5.10. The van der Waals surface area contributed by atoms with Crippen LogP contribution >= 0.6 is 0 Å². The van der Waals surface area contributed by atoms with Crippen molar-refractivity contribution in [2.75, 3.05) is 19.6 Å². The van der Waals surface area contributed by atoms with Gasteiger partial charge in [-0.05, 0) is 50.0 Å². The van der Waals surface area contributed by atoms with Crippen LogP contribution in [0.4, 0.5) is 0 Å². The average molecular weight is 382 g/mol. The third-order valence-corrected chi connectivity index (χ3v) is 5.10. The summed E-state index contributed by atoms with van der Waals surface area (Å²) in [4.78, 5) is 15.4. The molecule has 1 unspecified atom stereocenters. The van der Waals surface area contributed by atoms with Crippen molar-refractivity contribution in [2.24, 2.45) is 0 Å². The van der Waals surface area contributed by atoms with Gasteiger partial charge >= 0.3 is 5.97 Å². The molecule has 3 nitrogen and oxygen atoms in total. The summed E-state index contributed by atoms with van der Waals surface area (Å²) in [6.45, 7) is 7.93. The minimum atomic E-state index is -0.212. The number of nitrogens with zero attached hydrogens (tertiary/aromatic N) is 1. The highest BCUT2D eigenvalue weighted by atomic mass is 16.5. The van der Waals surface area contributed by atoms with Gasteiger partial charge in [0, 0.05) is 0 Å². The van der Waals surface area contributed by atoms with Crippen molar-refractivity contribution >= 4 is 5.97 Å². The van der Waals surface area contributed by atoms with E-state index in [9.17, 15) is 4.79 Å². The first-order chi connectivity index (χ1) is 13.7. The molecule has 28 heavy (non-hydrogen) atoms. The largest absolute Gasteiger partial charge is 0.460 e. The molecule has 0 saturated heterocycles. The van der Waals surface area contributed by atoms with Crippen LogP contribution < -0.4 is 0 Å². The monoisotopic (exact) mass is 381 g/mol. The lowest BCUT2D eigenvalue weighted by molar-refractivity contribution is -0.147. The van der Waals surface area contributed by atoms with E-state index < -0.39 is 0 Å². The smallest absolute Gasteiger partial charge is 0.313 e. The molecular formula is C25H35NO2. The van der Waals surface area contributed by atoms with Crippen molar-refractivity contribution in [3.8, 4) is 0 Å². The molecule has 2 rings (SSSR count). The maximum Gasteiger partial charge on any atom is 0.313 e. The second-order valence-electron chi connectivity index (χ2n) is 7.39. The molecule has 0 saturated carbocycles. The summed E-state index contributed by atoms with van der Waals surface area (Å²) in [5.74, 6) is -0.336. The Balaban J connectivity index is 2.00. The molecule has 0 aliphatic carbocycles. The number of benzene rings is 2. The normalized spacial score (nSPS) is 12.1. The summed E-state index contributed by atoms with van der Waals surface area (Å²) < 4.78 is 5.68. The van der Waals surface area contributed by atoms with Crippen molar-refractivity contribution in [3.05, 3.63) is 71.8 Å². The molecule has 0 heterocycles. The van der Waals surface area contributed by atoms with E-state index in [2.05, 4.69) is 18.7 Å². The summed E-state index contributed by atoms with van der Waals surface area (Å²) in [5, 5.41) is 0. The van der Waals surface area contributed by atoms with Gasteiger partial charge in [-0.1, -0.05) is 87.4 Å². The number of esters is 1. The maximum absolute atomic E-state index is 12.9. The second kappa shape index (κ2) is 13.1. The molecule has 2 aromatic rings. The highest BCUT2D eigenvalue weighted by molar-refractivity contribution is 5.78. The van der Waals surface area contributed by atoms with Crippen LogP contribution in [-0.2, 0) is 16.1 Å². The predicted molar refractivity (Wildman–Crippen MR) is 116 cm³/mol. The van der Waals surface area contributed by atoms with E-state index in [0.717, 1.165) is 37.2 Å². The fraction of sp³-hybridized carbons (Fsp3) is 0.480. The van der Waals surface area contributed by atoms with Gasteiger partial charge in [0.05, 0.1) is 5.92 Å². The lowest BCUT2D eigenvalue weighted by atomic mass is 9.95. The molecule has 0 spiro atoms. The molecule has 0 fully saturated rings. The zero-order valence-corrected chi connectivity index (χ0v) is 17.5. The van der Waals surface area contributed by atoms with Gasteiger partial charge in [0.1, 0.15) is 6.61 Å². The Morgan fingerprint density at radius 3 is 2.00 bits per heavy atom. The average Bonchev–Trinajstić information content (AvgIpc) is 2.75. The van der Waals surface area contributed by atoms with Gasteiger partial charge in [0.2, 0.25) is 0 Å².